The molecule has 0 atom stereocenters. The maximum absolute atomic E-state index is 12.6. The summed E-state index contributed by atoms with van der Waals surface area (Å²) in [7, 11) is 3.21. The Balaban J connectivity index is 0.00000261. The molecule has 1 aliphatic rings. The average molecular weight is 412 g/mol. The smallest absolute Gasteiger partial charge is 0.227 e. The largest absolute Gasteiger partial charge is 0.493 e. The summed E-state index contributed by atoms with van der Waals surface area (Å²) in [5.74, 6) is 1.48. The van der Waals surface area contributed by atoms with Gasteiger partial charge in [0.15, 0.2) is 11.5 Å². The maximum atomic E-state index is 12.6. The number of aromatic nitrogens is 1. The van der Waals surface area contributed by atoms with E-state index in [2.05, 4.69) is 15.3 Å². The summed E-state index contributed by atoms with van der Waals surface area (Å²) in [5, 5.41) is 3.23. The minimum atomic E-state index is 0. The molecule has 2 aromatic rings. The van der Waals surface area contributed by atoms with Crippen LogP contribution < -0.4 is 9.47 Å². The number of carbonyl (C=O) groups is 1. The molecule has 0 aliphatic carbocycles. The van der Waals surface area contributed by atoms with E-state index in [1.54, 1.807) is 25.6 Å². The molecule has 2 heterocycles. The van der Waals surface area contributed by atoms with Crippen molar-refractivity contribution < 1.29 is 14.3 Å². The fourth-order valence-corrected chi connectivity index (χ4v) is 3.91. The van der Waals surface area contributed by atoms with Crippen molar-refractivity contribution in [2.75, 3.05) is 40.4 Å². The summed E-state index contributed by atoms with van der Waals surface area (Å²) < 4.78 is 10.6. The fraction of sp³-hybridized carbons (Fsp3) is 0.474. The molecule has 0 unspecified atom stereocenters. The van der Waals surface area contributed by atoms with E-state index in [1.807, 2.05) is 30.0 Å². The van der Waals surface area contributed by atoms with Gasteiger partial charge in [-0.05, 0) is 24.6 Å². The van der Waals surface area contributed by atoms with Crippen LogP contribution >= 0.6 is 23.7 Å². The number of halogens is 1. The Labute approximate surface area is 170 Å². The van der Waals surface area contributed by atoms with Gasteiger partial charge in [0.1, 0.15) is 5.01 Å². The van der Waals surface area contributed by atoms with Gasteiger partial charge < -0.3 is 14.4 Å². The first kappa shape index (κ1) is 21.5. The molecule has 1 fully saturated rings. The van der Waals surface area contributed by atoms with Crippen LogP contribution in [0.5, 0.6) is 11.5 Å². The number of benzene rings is 1. The van der Waals surface area contributed by atoms with Gasteiger partial charge in [-0.2, -0.15) is 0 Å². The number of ether oxygens (including phenoxy) is 2. The molecule has 148 valence electrons. The van der Waals surface area contributed by atoms with E-state index < -0.39 is 0 Å². The predicted octanol–water partition coefficient (Wildman–Crippen LogP) is 2.78. The van der Waals surface area contributed by atoms with Gasteiger partial charge in [0.25, 0.3) is 0 Å². The summed E-state index contributed by atoms with van der Waals surface area (Å²) in [5.41, 5.74) is 2.02. The highest BCUT2D eigenvalue weighted by Crippen LogP contribution is 2.28. The first-order valence-corrected chi connectivity index (χ1v) is 9.59. The van der Waals surface area contributed by atoms with E-state index in [9.17, 15) is 4.79 Å². The SMILES string of the molecule is COc1ccc(CC(=O)N2CCN(Cc3nc(C)cs3)CC2)cc1OC.Cl. The molecule has 0 bridgehead atoms. The number of amides is 1. The zero-order valence-electron chi connectivity index (χ0n) is 15.9. The first-order chi connectivity index (χ1) is 12.6. The molecule has 1 aromatic heterocycles. The Bertz CT molecular complexity index is 760. The highest BCUT2D eigenvalue weighted by Gasteiger charge is 2.22. The van der Waals surface area contributed by atoms with Gasteiger partial charge >= 0.3 is 0 Å². The van der Waals surface area contributed by atoms with Crippen molar-refractivity contribution >= 4 is 29.7 Å². The van der Waals surface area contributed by atoms with Gasteiger partial charge in [0.05, 0.1) is 27.2 Å². The lowest BCUT2D eigenvalue weighted by molar-refractivity contribution is -0.132. The molecule has 0 radical (unpaired) electrons. The highest BCUT2D eigenvalue weighted by atomic mass is 35.5. The van der Waals surface area contributed by atoms with Crippen LogP contribution in [0.4, 0.5) is 0 Å². The van der Waals surface area contributed by atoms with E-state index >= 15 is 0 Å². The van der Waals surface area contributed by atoms with E-state index in [4.69, 9.17) is 9.47 Å². The number of thiazole rings is 1. The fourth-order valence-electron chi connectivity index (χ4n) is 3.10. The zero-order chi connectivity index (χ0) is 18.5. The Morgan fingerprint density at radius 2 is 1.85 bits per heavy atom. The van der Waals surface area contributed by atoms with E-state index in [1.165, 1.54) is 0 Å². The standard InChI is InChI=1S/C19H25N3O3S.ClH/c1-14-13-26-18(20-14)12-21-6-8-22(9-7-21)19(23)11-15-4-5-16(24-2)17(10-15)25-3;/h4-5,10,13H,6-9,11-12H2,1-3H3;1H. The monoisotopic (exact) mass is 411 g/mol. The quantitative estimate of drug-likeness (QED) is 0.731. The maximum Gasteiger partial charge on any atom is 0.227 e. The molecule has 3 rings (SSSR count). The molecule has 0 spiro atoms. The molecular weight excluding hydrogens is 386 g/mol. The van der Waals surface area contributed by atoms with Crippen molar-refractivity contribution in [3.63, 3.8) is 0 Å². The van der Waals surface area contributed by atoms with Crippen LogP contribution in [-0.4, -0.2) is 61.1 Å². The van der Waals surface area contributed by atoms with Gasteiger partial charge in [0.2, 0.25) is 5.91 Å². The molecule has 1 amide bonds. The number of methoxy groups -OCH3 is 2. The lowest BCUT2D eigenvalue weighted by Crippen LogP contribution is -2.48. The number of rotatable bonds is 6. The van der Waals surface area contributed by atoms with Crippen LogP contribution in [0.25, 0.3) is 0 Å². The van der Waals surface area contributed by atoms with Gasteiger partial charge in [-0.25, -0.2) is 4.98 Å². The Hall–Kier alpha value is -1.83. The third-order valence-electron chi connectivity index (χ3n) is 4.55. The molecule has 27 heavy (non-hydrogen) atoms. The summed E-state index contributed by atoms with van der Waals surface area (Å²) in [6, 6.07) is 5.63. The molecular formula is C19H26ClN3O3S. The second kappa shape index (κ2) is 9.92. The van der Waals surface area contributed by atoms with Gasteiger partial charge in [-0.15, -0.1) is 23.7 Å². The molecule has 0 N–H and O–H groups in total. The normalized spacial score (nSPS) is 14.6. The molecule has 8 heteroatoms. The summed E-state index contributed by atoms with van der Waals surface area (Å²) in [6.07, 6.45) is 0.381. The number of nitrogens with zero attached hydrogens (tertiary/aromatic N) is 3. The van der Waals surface area contributed by atoms with Crippen LogP contribution in [0, 0.1) is 6.92 Å². The average Bonchev–Trinajstić information content (AvgIpc) is 3.06. The number of aryl methyl sites for hydroxylation is 1. The van der Waals surface area contributed by atoms with Crippen molar-refractivity contribution in [3.8, 4) is 11.5 Å². The van der Waals surface area contributed by atoms with E-state index in [-0.39, 0.29) is 18.3 Å². The summed E-state index contributed by atoms with van der Waals surface area (Å²) in [6.45, 7) is 6.18. The second-order valence-corrected chi connectivity index (χ2v) is 7.35. The number of hydrogen-bond acceptors (Lipinski definition) is 6. The van der Waals surface area contributed by atoms with Crippen molar-refractivity contribution in [1.82, 2.24) is 14.8 Å². The summed E-state index contributed by atoms with van der Waals surface area (Å²) in [4.78, 5) is 21.4. The van der Waals surface area contributed by atoms with Crippen LogP contribution in [-0.2, 0) is 17.8 Å². The zero-order valence-corrected chi connectivity index (χ0v) is 17.6. The highest BCUT2D eigenvalue weighted by molar-refractivity contribution is 7.09. The molecule has 1 aliphatic heterocycles. The number of piperazine rings is 1. The first-order valence-electron chi connectivity index (χ1n) is 8.71. The van der Waals surface area contributed by atoms with Crippen molar-refractivity contribution in [1.29, 1.82) is 0 Å². The molecule has 0 saturated carbocycles. The number of carbonyl (C=O) groups excluding carboxylic acids is 1. The Kier molecular flexibility index (Phi) is 7.89. The van der Waals surface area contributed by atoms with Crippen LogP contribution in [0.2, 0.25) is 0 Å². The second-order valence-electron chi connectivity index (χ2n) is 6.41. The lowest BCUT2D eigenvalue weighted by atomic mass is 10.1. The van der Waals surface area contributed by atoms with Crippen molar-refractivity contribution in [3.05, 3.63) is 39.8 Å². The van der Waals surface area contributed by atoms with Crippen LogP contribution in [0.3, 0.4) is 0 Å². The third kappa shape index (κ3) is 5.57. The third-order valence-corrected chi connectivity index (χ3v) is 5.51. The Morgan fingerprint density at radius 3 is 2.44 bits per heavy atom. The van der Waals surface area contributed by atoms with Gasteiger partial charge in [-0.1, -0.05) is 6.07 Å². The molecule has 1 saturated heterocycles. The lowest BCUT2D eigenvalue weighted by Gasteiger charge is -2.34. The topological polar surface area (TPSA) is 54.9 Å². The van der Waals surface area contributed by atoms with Crippen molar-refractivity contribution in [2.45, 2.75) is 19.9 Å². The van der Waals surface area contributed by atoms with Gasteiger partial charge in [0, 0.05) is 37.3 Å². The molecule has 6 nitrogen and oxygen atoms in total. The van der Waals surface area contributed by atoms with Crippen molar-refractivity contribution in [2.24, 2.45) is 0 Å². The predicted molar refractivity (Wildman–Crippen MR) is 109 cm³/mol. The van der Waals surface area contributed by atoms with Gasteiger partial charge in [-0.3, -0.25) is 9.69 Å². The summed E-state index contributed by atoms with van der Waals surface area (Å²) >= 11 is 1.70. The van der Waals surface area contributed by atoms with E-state index in [0.29, 0.717) is 17.9 Å². The van der Waals surface area contributed by atoms with Crippen LogP contribution in [0.15, 0.2) is 23.6 Å². The van der Waals surface area contributed by atoms with E-state index in [0.717, 1.165) is 49.0 Å². The Morgan fingerprint density at radius 1 is 1.15 bits per heavy atom. The molecule has 1 aromatic carbocycles. The number of hydrogen-bond donors (Lipinski definition) is 0. The van der Waals surface area contributed by atoms with Crippen LogP contribution in [0.1, 0.15) is 16.3 Å². The minimum Gasteiger partial charge on any atom is -0.493 e. The minimum absolute atomic E-state index is 0.